The fourth-order valence-electron chi connectivity index (χ4n) is 3.88. The van der Waals surface area contributed by atoms with Crippen LogP contribution in [0.3, 0.4) is 0 Å². The van der Waals surface area contributed by atoms with Crippen LogP contribution in [0.25, 0.3) is 0 Å². The number of ether oxygens (including phenoxy) is 1. The van der Waals surface area contributed by atoms with E-state index in [2.05, 4.69) is 86.6 Å². The number of benzene rings is 3. The Kier molecular flexibility index (Phi) is 9.90. The first kappa shape index (κ1) is 25.3. The summed E-state index contributed by atoms with van der Waals surface area (Å²) in [6.07, 6.45) is 1.38. The highest BCUT2D eigenvalue weighted by Crippen LogP contribution is 2.54. The van der Waals surface area contributed by atoms with Gasteiger partial charge in [0, 0.05) is 0 Å². The summed E-state index contributed by atoms with van der Waals surface area (Å²) >= 11 is 0. The van der Waals surface area contributed by atoms with Crippen molar-refractivity contribution in [3.8, 4) is 0 Å². The summed E-state index contributed by atoms with van der Waals surface area (Å²) in [5, 5.41) is 3.85. The first-order valence-electron chi connectivity index (χ1n) is 10.5. The van der Waals surface area contributed by atoms with E-state index in [0.717, 1.165) is 6.16 Å². The third-order valence-electron chi connectivity index (χ3n) is 5.29. The fourth-order valence-corrected chi connectivity index (χ4v) is 7.95. The van der Waals surface area contributed by atoms with E-state index in [-0.39, 0.29) is 23.0 Å². The minimum absolute atomic E-state index is 0. The van der Waals surface area contributed by atoms with E-state index >= 15 is 0 Å². The van der Waals surface area contributed by atoms with Crippen LogP contribution in [0, 0.1) is 5.92 Å². The summed E-state index contributed by atoms with van der Waals surface area (Å²) in [6.45, 7) is 4.46. The van der Waals surface area contributed by atoms with Crippen LogP contribution in [-0.2, 0) is 9.53 Å². The van der Waals surface area contributed by atoms with E-state index < -0.39 is 13.3 Å². The Morgan fingerprint density at radius 3 is 1.55 bits per heavy atom. The van der Waals surface area contributed by atoms with Crippen LogP contribution in [0.1, 0.15) is 20.3 Å². The molecule has 2 N–H and O–H groups in total. The summed E-state index contributed by atoms with van der Waals surface area (Å²) in [4.78, 5) is 12.4. The third-order valence-corrected chi connectivity index (χ3v) is 9.68. The molecular weight excluding hydrogens is 469 g/mol. The Balaban J connectivity index is 0.00000341. The van der Waals surface area contributed by atoms with E-state index in [1.807, 2.05) is 18.2 Å². The highest BCUT2D eigenvalue weighted by molar-refractivity contribution is 7.95. The average Bonchev–Trinajstić information content (AvgIpc) is 2.78. The van der Waals surface area contributed by atoms with Crippen LogP contribution in [0.4, 0.5) is 0 Å². The minimum atomic E-state index is -1.99. The molecule has 0 fully saturated rings. The van der Waals surface area contributed by atoms with Crippen molar-refractivity contribution in [2.45, 2.75) is 26.3 Å². The predicted molar refractivity (Wildman–Crippen MR) is 128 cm³/mol. The second kappa shape index (κ2) is 12.1. The van der Waals surface area contributed by atoms with Crippen LogP contribution >= 0.6 is 7.26 Å². The largest absolute Gasteiger partial charge is 1.00 e. The van der Waals surface area contributed by atoms with Gasteiger partial charge in [-0.3, -0.25) is 4.79 Å². The molecule has 0 aliphatic rings. The van der Waals surface area contributed by atoms with Gasteiger partial charge in [-0.25, -0.2) is 0 Å². The smallest absolute Gasteiger partial charge is 0.323 e. The zero-order chi connectivity index (χ0) is 21.4. The third kappa shape index (κ3) is 6.26. The molecule has 3 rings (SSSR count). The molecule has 3 aromatic rings. The molecule has 0 amide bonds. The molecular formula is C26H31BrNO2P. The van der Waals surface area contributed by atoms with Gasteiger partial charge >= 0.3 is 5.97 Å². The first-order chi connectivity index (χ1) is 14.5. The lowest BCUT2D eigenvalue weighted by Gasteiger charge is -2.27. The summed E-state index contributed by atoms with van der Waals surface area (Å²) < 4.78 is 5.69. The van der Waals surface area contributed by atoms with E-state index in [9.17, 15) is 4.79 Å². The van der Waals surface area contributed by atoms with Gasteiger partial charge in [-0.2, -0.15) is 0 Å². The van der Waals surface area contributed by atoms with Crippen molar-refractivity contribution in [3.63, 3.8) is 0 Å². The molecule has 1 atom stereocenters. The van der Waals surface area contributed by atoms with Crippen LogP contribution in [-0.4, -0.2) is 24.8 Å². The lowest BCUT2D eigenvalue weighted by atomic mass is 10.1. The second-order valence-corrected chi connectivity index (χ2v) is 11.6. The second-order valence-electron chi connectivity index (χ2n) is 7.94. The maximum atomic E-state index is 12.4. The molecule has 0 aromatic heterocycles. The normalized spacial score (nSPS) is 12.1. The molecule has 31 heavy (non-hydrogen) atoms. The highest BCUT2D eigenvalue weighted by atomic mass is 79.9. The van der Waals surface area contributed by atoms with Crippen molar-refractivity contribution in [1.82, 2.24) is 0 Å². The number of rotatable bonds is 9. The Morgan fingerprint density at radius 1 is 0.806 bits per heavy atom. The monoisotopic (exact) mass is 499 g/mol. The maximum Gasteiger partial charge on any atom is 0.323 e. The van der Waals surface area contributed by atoms with E-state index in [0.29, 0.717) is 18.9 Å². The number of carbonyl (C=O) groups is 1. The van der Waals surface area contributed by atoms with Crippen molar-refractivity contribution in [3.05, 3.63) is 91.0 Å². The topological polar surface area (TPSA) is 52.3 Å². The Morgan fingerprint density at radius 2 is 1.19 bits per heavy atom. The van der Waals surface area contributed by atoms with E-state index in [1.54, 1.807) is 0 Å². The van der Waals surface area contributed by atoms with Crippen molar-refractivity contribution >= 4 is 29.1 Å². The molecule has 0 aliphatic carbocycles. The summed E-state index contributed by atoms with van der Waals surface area (Å²) in [5.41, 5.74) is 6.04. The molecule has 0 radical (unpaired) electrons. The van der Waals surface area contributed by atoms with Crippen molar-refractivity contribution in [2.75, 3.05) is 12.8 Å². The molecule has 0 spiro atoms. The van der Waals surface area contributed by atoms with Crippen LogP contribution in [0.5, 0.6) is 0 Å². The van der Waals surface area contributed by atoms with Gasteiger partial charge in [0.15, 0.2) is 0 Å². The van der Waals surface area contributed by atoms with Gasteiger partial charge < -0.3 is 27.5 Å². The minimum Gasteiger partial charge on any atom is -1.00 e. The van der Waals surface area contributed by atoms with Crippen LogP contribution < -0.4 is 38.6 Å². The number of esters is 1. The number of nitrogens with two attached hydrogens (primary N) is 1. The van der Waals surface area contributed by atoms with Gasteiger partial charge in [0.25, 0.3) is 0 Å². The molecule has 0 unspecified atom stereocenters. The summed E-state index contributed by atoms with van der Waals surface area (Å²) in [7, 11) is -1.99. The Hall–Kier alpha value is -2.00. The van der Waals surface area contributed by atoms with Crippen molar-refractivity contribution < 1.29 is 26.5 Å². The summed E-state index contributed by atoms with van der Waals surface area (Å²) in [5.74, 6) is 0.0492. The van der Waals surface area contributed by atoms with E-state index in [1.165, 1.54) is 15.9 Å². The summed E-state index contributed by atoms with van der Waals surface area (Å²) in [6, 6.07) is 31.2. The molecule has 3 nitrogen and oxygen atoms in total. The number of hydrogen-bond acceptors (Lipinski definition) is 3. The Labute approximate surface area is 197 Å². The van der Waals surface area contributed by atoms with Gasteiger partial charge in [0.1, 0.15) is 42.0 Å². The lowest BCUT2D eigenvalue weighted by Crippen LogP contribution is -3.00. The molecule has 0 saturated carbocycles. The zero-order valence-corrected chi connectivity index (χ0v) is 20.6. The first-order valence-corrected chi connectivity index (χ1v) is 12.5. The highest BCUT2D eigenvalue weighted by Gasteiger charge is 2.45. The molecule has 3 aromatic carbocycles. The molecule has 0 heterocycles. The fraction of sp³-hybridized carbons (Fsp3) is 0.269. The van der Waals surface area contributed by atoms with Gasteiger partial charge in [0.2, 0.25) is 0 Å². The molecule has 0 aliphatic heterocycles. The lowest BCUT2D eigenvalue weighted by molar-refractivity contribution is -0.144. The van der Waals surface area contributed by atoms with E-state index in [4.69, 9.17) is 10.5 Å². The molecule has 164 valence electrons. The maximum absolute atomic E-state index is 12.4. The van der Waals surface area contributed by atoms with Gasteiger partial charge in [0.05, 0.1) is 0 Å². The quantitative estimate of drug-likeness (QED) is 0.351. The van der Waals surface area contributed by atoms with Crippen molar-refractivity contribution in [1.29, 1.82) is 0 Å². The average molecular weight is 500 g/mol. The predicted octanol–water partition coefficient (Wildman–Crippen LogP) is 0.901. The number of hydrogen-bond donors (Lipinski definition) is 1. The molecule has 0 bridgehead atoms. The number of carbonyl (C=O) groups excluding carboxylic acids is 1. The standard InChI is InChI=1S/C26H31NO2P.BrH/c1-21(2)20-25(27)26(28)29-18-19-30(22-12-6-3-7-13-22,23-14-8-4-9-15-23)24-16-10-5-11-17-24;/h3-17,21,25H,18-20,27H2,1-2H3;1H/q+1;/p-1/t25-;/m0./s1. The number of halogens is 1. The van der Waals surface area contributed by atoms with Crippen LogP contribution in [0.15, 0.2) is 91.0 Å². The van der Waals surface area contributed by atoms with Crippen molar-refractivity contribution in [2.24, 2.45) is 11.7 Å². The zero-order valence-electron chi connectivity index (χ0n) is 18.2. The van der Waals surface area contributed by atoms with Gasteiger partial charge in [-0.15, -0.1) is 0 Å². The SMILES string of the molecule is CC(C)C[C@H](N)C(=O)OCC[P+](c1ccccc1)(c1ccccc1)c1ccccc1.[Br-]. The van der Waals surface area contributed by atoms with Gasteiger partial charge in [-0.1, -0.05) is 68.4 Å². The Bertz CT molecular complexity index is 823. The van der Waals surface area contributed by atoms with Gasteiger partial charge in [-0.05, 0) is 48.7 Å². The molecule has 0 saturated heterocycles. The molecule has 5 heteroatoms. The van der Waals surface area contributed by atoms with Crippen LogP contribution in [0.2, 0.25) is 0 Å².